The summed E-state index contributed by atoms with van der Waals surface area (Å²) >= 11 is 0. The summed E-state index contributed by atoms with van der Waals surface area (Å²) in [6.45, 7) is 1.78. The molecular formula is C16H29ClN6O4. The molecule has 2 fully saturated rings. The van der Waals surface area contributed by atoms with E-state index >= 15 is 0 Å². The lowest BCUT2D eigenvalue weighted by Crippen LogP contribution is -2.49. The molecule has 0 aromatic rings. The van der Waals surface area contributed by atoms with E-state index in [9.17, 15) is 14.4 Å². The van der Waals surface area contributed by atoms with Gasteiger partial charge in [0.2, 0.25) is 11.8 Å². The minimum Gasteiger partial charge on any atom is -0.480 e. The number of nitrogens with zero attached hydrogens (tertiary/aromatic N) is 3. The van der Waals surface area contributed by atoms with Crippen molar-refractivity contribution < 1.29 is 19.5 Å². The normalized spacial score (nSPS) is 20.6. The number of aliphatic carboxylic acids is 1. The molecule has 27 heavy (non-hydrogen) atoms. The molecule has 0 radical (unpaired) electrons. The number of hydrazone groups is 1. The van der Waals surface area contributed by atoms with Gasteiger partial charge in [-0.3, -0.25) is 14.4 Å². The maximum atomic E-state index is 12.3. The largest absolute Gasteiger partial charge is 0.480 e. The second-order valence-corrected chi connectivity index (χ2v) is 6.97. The van der Waals surface area contributed by atoms with Crippen molar-refractivity contribution in [1.82, 2.24) is 15.1 Å². The number of carbonyl (C=O) groups excluding carboxylic acids is 2. The second kappa shape index (κ2) is 10.9. The number of amides is 2. The number of carboxylic acids is 1. The van der Waals surface area contributed by atoms with E-state index in [-0.39, 0.29) is 43.2 Å². The fraction of sp³-hybridized carbons (Fsp3) is 0.750. The summed E-state index contributed by atoms with van der Waals surface area (Å²) in [5.41, 5.74) is 5.85. The van der Waals surface area contributed by atoms with E-state index in [4.69, 9.17) is 16.7 Å². The second-order valence-electron chi connectivity index (χ2n) is 6.97. The highest BCUT2D eigenvalue weighted by Crippen LogP contribution is 2.27. The van der Waals surface area contributed by atoms with Gasteiger partial charge in [-0.1, -0.05) is 0 Å². The van der Waals surface area contributed by atoms with Crippen molar-refractivity contribution in [2.75, 3.05) is 26.2 Å². The van der Waals surface area contributed by atoms with Crippen LogP contribution in [0.2, 0.25) is 0 Å². The molecule has 1 saturated heterocycles. The Balaban J connectivity index is 0.00000364. The van der Waals surface area contributed by atoms with Gasteiger partial charge in [0.15, 0.2) is 0 Å². The third-order valence-electron chi connectivity index (χ3n) is 4.67. The van der Waals surface area contributed by atoms with Gasteiger partial charge in [0.25, 0.3) is 0 Å². The predicted molar refractivity (Wildman–Crippen MR) is 102 cm³/mol. The number of nitrogens with one attached hydrogen (secondary N) is 1. The molecule has 1 heterocycles. The fourth-order valence-electron chi connectivity index (χ4n) is 3.21. The smallest absolute Gasteiger partial charge is 0.323 e. The Bertz CT molecular complexity index is 557. The molecule has 2 aliphatic rings. The van der Waals surface area contributed by atoms with Gasteiger partial charge in [0.05, 0.1) is 12.5 Å². The van der Waals surface area contributed by atoms with E-state index in [1.54, 1.807) is 6.34 Å². The van der Waals surface area contributed by atoms with Gasteiger partial charge in [-0.2, -0.15) is 5.10 Å². The number of halogens is 1. The summed E-state index contributed by atoms with van der Waals surface area (Å²) in [5, 5.41) is 15.3. The zero-order valence-electron chi connectivity index (χ0n) is 15.2. The minimum absolute atomic E-state index is 0. The Labute approximate surface area is 164 Å². The fourth-order valence-corrected chi connectivity index (χ4v) is 3.21. The summed E-state index contributed by atoms with van der Waals surface area (Å²) in [4.78, 5) is 38.6. The van der Waals surface area contributed by atoms with Gasteiger partial charge >= 0.3 is 5.97 Å². The number of carbonyl (C=O) groups is 3. The lowest BCUT2D eigenvalue weighted by Gasteiger charge is -2.31. The Morgan fingerprint density at radius 2 is 2.04 bits per heavy atom. The van der Waals surface area contributed by atoms with E-state index < -0.39 is 17.9 Å². The molecular weight excluding hydrogens is 376 g/mol. The Kier molecular flexibility index (Phi) is 9.30. The Hall–Kier alpha value is -2.07. The molecule has 154 valence electrons. The number of piperidine rings is 1. The first-order valence-electron chi connectivity index (χ1n) is 8.92. The molecule has 0 aromatic heterocycles. The van der Waals surface area contributed by atoms with Crippen LogP contribution in [0.4, 0.5) is 0 Å². The van der Waals surface area contributed by atoms with Crippen molar-refractivity contribution in [2.45, 2.75) is 44.2 Å². The number of hydrogen-bond acceptors (Lipinski definition) is 6. The SMILES string of the molecule is Cl.NN=CN1CCC[C@@H](CNC(=O)C[C@H](N)C(=O)N(CC(=O)O)C2CC2)C1. The first-order valence-corrected chi connectivity index (χ1v) is 8.92. The number of nitrogens with two attached hydrogens (primary N) is 2. The highest BCUT2D eigenvalue weighted by atomic mass is 35.5. The van der Waals surface area contributed by atoms with E-state index in [2.05, 4.69) is 10.4 Å². The third kappa shape index (κ3) is 7.59. The molecule has 0 bridgehead atoms. The highest BCUT2D eigenvalue weighted by Gasteiger charge is 2.36. The average molecular weight is 405 g/mol. The van der Waals surface area contributed by atoms with Crippen LogP contribution in [0.25, 0.3) is 0 Å². The Morgan fingerprint density at radius 3 is 2.63 bits per heavy atom. The number of carboxylic acid groups (broad SMARTS) is 1. The van der Waals surface area contributed by atoms with Crippen LogP contribution in [0, 0.1) is 5.92 Å². The van der Waals surface area contributed by atoms with E-state index in [0.717, 1.165) is 38.8 Å². The average Bonchev–Trinajstić information content (AvgIpc) is 3.42. The van der Waals surface area contributed by atoms with Crippen molar-refractivity contribution in [3.05, 3.63) is 0 Å². The summed E-state index contributed by atoms with van der Waals surface area (Å²) in [6.07, 6.45) is 4.99. The number of likely N-dealkylation sites (tertiary alicyclic amines) is 1. The quantitative estimate of drug-likeness (QED) is 0.165. The van der Waals surface area contributed by atoms with Crippen LogP contribution in [0.5, 0.6) is 0 Å². The standard InChI is InChI=1S/C16H28N6O4.ClH/c17-13(16(26)22(9-15(24)25)12-3-4-12)6-14(23)19-7-11-2-1-5-21(8-11)10-20-18;/h10-13H,1-9,17-18H2,(H,19,23)(H,24,25);1H/t11-,13-;/m0./s1. The van der Waals surface area contributed by atoms with Crippen LogP contribution < -0.4 is 16.9 Å². The Morgan fingerprint density at radius 1 is 1.33 bits per heavy atom. The summed E-state index contributed by atoms with van der Waals surface area (Å²) in [7, 11) is 0. The molecule has 2 rings (SSSR count). The van der Waals surface area contributed by atoms with E-state index in [1.807, 2.05) is 4.90 Å². The molecule has 0 unspecified atom stereocenters. The van der Waals surface area contributed by atoms with Crippen LogP contribution >= 0.6 is 12.4 Å². The highest BCUT2D eigenvalue weighted by molar-refractivity contribution is 5.90. The topological polar surface area (TPSA) is 154 Å². The van der Waals surface area contributed by atoms with Gasteiger partial charge in [-0.15, -0.1) is 12.4 Å². The van der Waals surface area contributed by atoms with Crippen molar-refractivity contribution in [1.29, 1.82) is 0 Å². The maximum absolute atomic E-state index is 12.3. The van der Waals surface area contributed by atoms with Gasteiger partial charge in [-0.05, 0) is 31.6 Å². The van der Waals surface area contributed by atoms with Crippen molar-refractivity contribution in [2.24, 2.45) is 22.6 Å². The predicted octanol–water partition coefficient (Wildman–Crippen LogP) is -1.07. The van der Waals surface area contributed by atoms with Gasteiger partial charge in [0.1, 0.15) is 12.9 Å². The number of hydrogen-bond donors (Lipinski definition) is 4. The molecule has 11 heteroatoms. The molecule has 10 nitrogen and oxygen atoms in total. The summed E-state index contributed by atoms with van der Waals surface area (Å²) < 4.78 is 0. The summed E-state index contributed by atoms with van der Waals surface area (Å²) in [5.74, 6) is 3.58. The zero-order chi connectivity index (χ0) is 19.1. The van der Waals surface area contributed by atoms with Crippen LogP contribution in [0.1, 0.15) is 32.1 Å². The van der Waals surface area contributed by atoms with Crippen molar-refractivity contribution in [3.63, 3.8) is 0 Å². The molecule has 2 atom stereocenters. The first kappa shape index (κ1) is 23.0. The summed E-state index contributed by atoms with van der Waals surface area (Å²) in [6, 6.07) is -1.09. The number of rotatable bonds is 9. The van der Waals surface area contributed by atoms with Gasteiger partial charge in [-0.25, -0.2) is 0 Å². The maximum Gasteiger partial charge on any atom is 0.323 e. The van der Waals surface area contributed by atoms with Crippen molar-refractivity contribution in [3.8, 4) is 0 Å². The molecule has 0 aromatic carbocycles. The molecule has 6 N–H and O–H groups in total. The zero-order valence-corrected chi connectivity index (χ0v) is 16.1. The third-order valence-corrected chi connectivity index (χ3v) is 4.67. The lowest BCUT2D eigenvalue weighted by atomic mass is 9.98. The van der Waals surface area contributed by atoms with Crippen LogP contribution in [-0.4, -0.2) is 77.3 Å². The van der Waals surface area contributed by atoms with E-state index in [0.29, 0.717) is 6.54 Å². The molecule has 0 spiro atoms. The molecule has 2 amide bonds. The lowest BCUT2D eigenvalue weighted by molar-refractivity contribution is -0.145. The van der Waals surface area contributed by atoms with Crippen LogP contribution in [-0.2, 0) is 14.4 Å². The van der Waals surface area contributed by atoms with Crippen LogP contribution in [0.3, 0.4) is 0 Å². The molecule has 1 aliphatic carbocycles. The van der Waals surface area contributed by atoms with Crippen LogP contribution in [0.15, 0.2) is 5.10 Å². The molecule has 1 aliphatic heterocycles. The van der Waals surface area contributed by atoms with Gasteiger partial charge < -0.3 is 31.8 Å². The van der Waals surface area contributed by atoms with Crippen molar-refractivity contribution >= 4 is 36.5 Å². The first-order chi connectivity index (χ1) is 12.4. The minimum atomic E-state index is -1.08. The van der Waals surface area contributed by atoms with E-state index in [1.165, 1.54) is 4.90 Å². The van der Waals surface area contributed by atoms with Gasteiger partial charge in [0, 0.05) is 25.7 Å². The molecule has 1 saturated carbocycles. The monoisotopic (exact) mass is 404 g/mol.